The van der Waals surface area contributed by atoms with Crippen molar-refractivity contribution in [2.45, 2.75) is 26.2 Å². The van der Waals surface area contributed by atoms with E-state index < -0.39 is 0 Å². The zero-order valence-corrected chi connectivity index (χ0v) is 15.4. The molecule has 0 spiro atoms. The summed E-state index contributed by atoms with van der Waals surface area (Å²) >= 11 is 0. The zero-order valence-electron chi connectivity index (χ0n) is 13.1. The van der Waals surface area contributed by atoms with E-state index in [1.165, 1.54) is 19.3 Å². The number of aliphatic imine (C=N–C) groups is 1. The number of rotatable bonds is 7. The molecule has 1 saturated heterocycles. The summed E-state index contributed by atoms with van der Waals surface area (Å²) in [5.74, 6) is 1.78. The van der Waals surface area contributed by atoms with E-state index in [4.69, 9.17) is 9.47 Å². The summed E-state index contributed by atoms with van der Waals surface area (Å²) in [4.78, 5) is 6.77. The van der Waals surface area contributed by atoms with E-state index in [0.29, 0.717) is 13.2 Å². The second-order valence-corrected chi connectivity index (χ2v) is 4.99. The summed E-state index contributed by atoms with van der Waals surface area (Å²) in [5, 5.41) is 3.32. The van der Waals surface area contributed by atoms with Crippen LogP contribution in [0.25, 0.3) is 0 Å². The molecule has 1 rings (SSSR count). The maximum atomic E-state index is 5.39. The molecule has 0 bridgehead atoms. The van der Waals surface area contributed by atoms with Gasteiger partial charge in [0.05, 0.1) is 13.2 Å². The average molecular weight is 399 g/mol. The van der Waals surface area contributed by atoms with Crippen LogP contribution in [0.5, 0.6) is 0 Å². The first kappa shape index (κ1) is 19.9. The normalized spacial score (nSPS) is 16.6. The van der Waals surface area contributed by atoms with Crippen molar-refractivity contribution in [1.29, 1.82) is 0 Å². The van der Waals surface area contributed by atoms with Gasteiger partial charge in [-0.1, -0.05) is 0 Å². The van der Waals surface area contributed by atoms with Crippen molar-refractivity contribution in [2.75, 3.05) is 53.6 Å². The second-order valence-electron chi connectivity index (χ2n) is 4.99. The Labute approximate surface area is 140 Å². The van der Waals surface area contributed by atoms with Crippen LogP contribution >= 0.6 is 24.0 Å². The molecule has 1 heterocycles. The molecule has 0 aromatic rings. The number of ether oxygens (including phenoxy) is 2. The molecule has 0 atom stereocenters. The molecule has 120 valence electrons. The summed E-state index contributed by atoms with van der Waals surface area (Å²) < 4.78 is 10.4. The minimum atomic E-state index is 0. The molecular weight excluding hydrogens is 369 g/mol. The summed E-state index contributed by atoms with van der Waals surface area (Å²) in [6.07, 6.45) is 3.62. The van der Waals surface area contributed by atoms with Crippen LogP contribution in [-0.4, -0.2) is 64.5 Å². The van der Waals surface area contributed by atoms with E-state index in [1.807, 2.05) is 0 Å². The van der Waals surface area contributed by atoms with E-state index in [0.717, 1.165) is 38.2 Å². The van der Waals surface area contributed by atoms with Crippen LogP contribution in [0, 0.1) is 5.92 Å². The van der Waals surface area contributed by atoms with Crippen LogP contribution in [-0.2, 0) is 9.47 Å². The number of methoxy groups -OCH3 is 1. The highest BCUT2D eigenvalue weighted by Gasteiger charge is 2.15. The topological polar surface area (TPSA) is 46.1 Å². The molecule has 20 heavy (non-hydrogen) atoms. The molecule has 0 radical (unpaired) electrons. The predicted molar refractivity (Wildman–Crippen MR) is 94.1 cm³/mol. The van der Waals surface area contributed by atoms with Crippen molar-refractivity contribution in [2.24, 2.45) is 10.9 Å². The van der Waals surface area contributed by atoms with Crippen molar-refractivity contribution in [1.82, 2.24) is 10.2 Å². The maximum Gasteiger partial charge on any atom is 0.193 e. The highest BCUT2D eigenvalue weighted by atomic mass is 127. The lowest BCUT2D eigenvalue weighted by Crippen LogP contribution is -2.40. The van der Waals surface area contributed by atoms with Crippen LogP contribution in [0.2, 0.25) is 0 Å². The van der Waals surface area contributed by atoms with Crippen LogP contribution in [0.15, 0.2) is 4.99 Å². The highest BCUT2D eigenvalue weighted by molar-refractivity contribution is 14.0. The van der Waals surface area contributed by atoms with Gasteiger partial charge in [0.25, 0.3) is 0 Å². The molecule has 0 saturated carbocycles. The third-order valence-electron chi connectivity index (χ3n) is 3.47. The molecule has 5 nitrogen and oxygen atoms in total. The first-order chi connectivity index (χ1) is 9.27. The largest absolute Gasteiger partial charge is 0.383 e. The van der Waals surface area contributed by atoms with Gasteiger partial charge in [-0.15, -0.1) is 24.0 Å². The Morgan fingerprint density at radius 2 is 2.10 bits per heavy atom. The quantitative estimate of drug-likeness (QED) is 0.308. The SMILES string of the molecule is CCNC(=NCCOC)N(C)CCC1CCOCC1.I. The molecule has 1 fully saturated rings. The maximum absolute atomic E-state index is 5.39. The van der Waals surface area contributed by atoms with Gasteiger partial charge < -0.3 is 19.7 Å². The van der Waals surface area contributed by atoms with E-state index in [9.17, 15) is 0 Å². The molecule has 0 amide bonds. The molecular formula is C14H30IN3O2. The first-order valence-corrected chi connectivity index (χ1v) is 7.34. The number of hydrogen-bond donors (Lipinski definition) is 1. The van der Waals surface area contributed by atoms with Crippen molar-refractivity contribution in [3.8, 4) is 0 Å². The molecule has 1 aliphatic heterocycles. The molecule has 0 unspecified atom stereocenters. The van der Waals surface area contributed by atoms with Crippen molar-refractivity contribution >= 4 is 29.9 Å². The first-order valence-electron chi connectivity index (χ1n) is 7.34. The number of hydrogen-bond acceptors (Lipinski definition) is 3. The highest BCUT2D eigenvalue weighted by Crippen LogP contribution is 2.18. The summed E-state index contributed by atoms with van der Waals surface area (Å²) in [6.45, 7) is 7.27. The Kier molecular flexibility index (Phi) is 12.6. The summed E-state index contributed by atoms with van der Waals surface area (Å²) in [5.41, 5.74) is 0. The second kappa shape index (κ2) is 12.6. The smallest absolute Gasteiger partial charge is 0.193 e. The van der Waals surface area contributed by atoms with Crippen LogP contribution in [0.1, 0.15) is 26.2 Å². The van der Waals surface area contributed by atoms with Gasteiger partial charge in [0.2, 0.25) is 0 Å². The van der Waals surface area contributed by atoms with Gasteiger partial charge in [-0.25, -0.2) is 0 Å². The fourth-order valence-electron chi connectivity index (χ4n) is 2.23. The minimum Gasteiger partial charge on any atom is -0.383 e. The van der Waals surface area contributed by atoms with Crippen LogP contribution in [0.4, 0.5) is 0 Å². The minimum absolute atomic E-state index is 0. The van der Waals surface area contributed by atoms with E-state index in [2.05, 4.69) is 29.2 Å². The number of nitrogens with zero attached hydrogens (tertiary/aromatic N) is 2. The fraction of sp³-hybridized carbons (Fsp3) is 0.929. The lowest BCUT2D eigenvalue weighted by Gasteiger charge is -2.26. The van der Waals surface area contributed by atoms with Gasteiger partial charge in [0.15, 0.2) is 5.96 Å². The Morgan fingerprint density at radius 3 is 2.70 bits per heavy atom. The van der Waals surface area contributed by atoms with Gasteiger partial charge in [0.1, 0.15) is 0 Å². The average Bonchev–Trinajstić information content (AvgIpc) is 2.45. The monoisotopic (exact) mass is 399 g/mol. The molecule has 0 aromatic heterocycles. The molecule has 0 aromatic carbocycles. The van der Waals surface area contributed by atoms with Gasteiger partial charge >= 0.3 is 0 Å². The lowest BCUT2D eigenvalue weighted by molar-refractivity contribution is 0.0625. The van der Waals surface area contributed by atoms with Gasteiger partial charge in [-0.3, -0.25) is 4.99 Å². The number of halogens is 1. The Balaban J connectivity index is 0.00000361. The Morgan fingerprint density at radius 1 is 1.40 bits per heavy atom. The number of guanidine groups is 1. The third kappa shape index (κ3) is 8.26. The van der Waals surface area contributed by atoms with Crippen LogP contribution < -0.4 is 5.32 Å². The van der Waals surface area contributed by atoms with E-state index in [-0.39, 0.29) is 24.0 Å². The Bertz CT molecular complexity index is 259. The lowest BCUT2D eigenvalue weighted by atomic mass is 9.96. The molecule has 1 aliphatic rings. The van der Waals surface area contributed by atoms with Gasteiger partial charge in [-0.05, 0) is 32.1 Å². The van der Waals surface area contributed by atoms with Crippen molar-refractivity contribution in [3.05, 3.63) is 0 Å². The molecule has 6 heteroatoms. The third-order valence-corrected chi connectivity index (χ3v) is 3.47. The summed E-state index contributed by atoms with van der Waals surface area (Å²) in [6, 6.07) is 0. The van der Waals surface area contributed by atoms with Gasteiger partial charge in [-0.2, -0.15) is 0 Å². The van der Waals surface area contributed by atoms with Gasteiger partial charge in [0, 0.05) is 40.5 Å². The summed E-state index contributed by atoms with van der Waals surface area (Å²) in [7, 11) is 3.81. The Hall–Kier alpha value is -0.0800. The molecule has 1 N–H and O–H groups in total. The van der Waals surface area contributed by atoms with Crippen LogP contribution in [0.3, 0.4) is 0 Å². The van der Waals surface area contributed by atoms with E-state index >= 15 is 0 Å². The number of nitrogens with one attached hydrogen (secondary N) is 1. The zero-order chi connectivity index (χ0) is 13.9. The molecule has 0 aliphatic carbocycles. The van der Waals surface area contributed by atoms with Crippen molar-refractivity contribution in [3.63, 3.8) is 0 Å². The predicted octanol–water partition coefficient (Wildman–Crippen LogP) is 1.96. The standard InChI is InChI=1S/C14H29N3O2.HI/c1-4-15-14(16-8-12-18-3)17(2)9-5-13-6-10-19-11-7-13;/h13H,4-12H2,1-3H3,(H,15,16);1H. The van der Waals surface area contributed by atoms with Crippen molar-refractivity contribution < 1.29 is 9.47 Å². The fourth-order valence-corrected chi connectivity index (χ4v) is 2.23. The van der Waals surface area contributed by atoms with E-state index in [1.54, 1.807) is 7.11 Å².